The van der Waals surface area contributed by atoms with Crippen LogP contribution in [0, 0.1) is 5.92 Å². The zero-order chi connectivity index (χ0) is 19.4. The minimum Gasteiger partial charge on any atom is -0.355 e. The van der Waals surface area contributed by atoms with Crippen molar-refractivity contribution in [1.82, 2.24) is 10.3 Å². The van der Waals surface area contributed by atoms with E-state index in [1.807, 2.05) is 6.07 Å². The van der Waals surface area contributed by atoms with Gasteiger partial charge in [0.1, 0.15) is 0 Å². The number of halogens is 3. The molecule has 2 heterocycles. The number of hydrogen-bond donors (Lipinski definition) is 1. The summed E-state index contributed by atoms with van der Waals surface area (Å²) in [7, 11) is 0. The summed E-state index contributed by atoms with van der Waals surface area (Å²) in [5, 5.41) is 2.78. The van der Waals surface area contributed by atoms with Gasteiger partial charge in [-0.05, 0) is 36.2 Å². The van der Waals surface area contributed by atoms with Crippen molar-refractivity contribution in [2.24, 2.45) is 5.92 Å². The van der Waals surface area contributed by atoms with Crippen molar-refractivity contribution in [1.29, 1.82) is 0 Å². The molecule has 1 aromatic carbocycles. The number of carbonyl (C=O) groups is 2. The lowest BCUT2D eigenvalue weighted by atomic mass is 10.1. The van der Waals surface area contributed by atoms with Crippen molar-refractivity contribution in [2.75, 3.05) is 18.0 Å². The van der Waals surface area contributed by atoms with Crippen LogP contribution in [0.5, 0.6) is 0 Å². The second kappa shape index (κ2) is 7.77. The summed E-state index contributed by atoms with van der Waals surface area (Å²) in [6.07, 6.45) is -0.524. The second-order valence-corrected chi connectivity index (χ2v) is 6.36. The normalized spacial score (nSPS) is 17.2. The van der Waals surface area contributed by atoms with Gasteiger partial charge in [-0.25, -0.2) is 0 Å². The lowest BCUT2D eigenvalue weighted by Crippen LogP contribution is -2.34. The van der Waals surface area contributed by atoms with Crippen molar-refractivity contribution in [3.05, 3.63) is 59.9 Å². The molecule has 1 aliphatic rings. The predicted octanol–water partition coefficient (Wildman–Crippen LogP) is 2.81. The molecule has 3 rings (SSSR count). The first kappa shape index (κ1) is 18.9. The van der Waals surface area contributed by atoms with Gasteiger partial charge in [0.15, 0.2) is 0 Å². The van der Waals surface area contributed by atoms with E-state index in [1.165, 1.54) is 17.0 Å². The molecule has 1 N–H and O–H groups in total. The first-order valence-electron chi connectivity index (χ1n) is 8.49. The SMILES string of the molecule is O=C(NCCc1cccnc1)C1CC(=O)N(c2cccc(C(F)(F)F)c2)C1. The van der Waals surface area contributed by atoms with Gasteiger partial charge in [-0.15, -0.1) is 0 Å². The van der Waals surface area contributed by atoms with E-state index in [1.54, 1.807) is 18.5 Å². The second-order valence-electron chi connectivity index (χ2n) is 6.36. The highest BCUT2D eigenvalue weighted by molar-refractivity contribution is 6.00. The molecule has 5 nitrogen and oxygen atoms in total. The minimum atomic E-state index is -4.48. The van der Waals surface area contributed by atoms with Gasteiger partial charge >= 0.3 is 6.18 Å². The van der Waals surface area contributed by atoms with Crippen molar-refractivity contribution in [3.63, 3.8) is 0 Å². The number of rotatable bonds is 5. The Morgan fingerprint density at radius 2 is 2.07 bits per heavy atom. The number of nitrogens with zero attached hydrogens (tertiary/aromatic N) is 2. The van der Waals surface area contributed by atoms with Crippen LogP contribution in [0.4, 0.5) is 18.9 Å². The maximum atomic E-state index is 12.9. The van der Waals surface area contributed by atoms with Crippen molar-refractivity contribution < 1.29 is 22.8 Å². The molecule has 0 saturated carbocycles. The van der Waals surface area contributed by atoms with E-state index in [0.29, 0.717) is 13.0 Å². The Morgan fingerprint density at radius 3 is 2.78 bits per heavy atom. The first-order valence-corrected chi connectivity index (χ1v) is 8.49. The Kier molecular flexibility index (Phi) is 5.43. The maximum Gasteiger partial charge on any atom is 0.416 e. The van der Waals surface area contributed by atoms with Crippen LogP contribution < -0.4 is 10.2 Å². The topological polar surface area (TPSA) is 62.3 Å². The van der Waals surface area contributed by atoms with Crippen molar-refractivity contribution >= 4 is 17.5 Å². The van der Waals surface area contributed by atoms with Crippen LogP contribution in [0.1, 0.15) is 17.5 Å². The molecule has 0 aliphatic carbocycles. The minimum absolute atomic E-state index is 0.0189. The van der Waals surface area contributed by atoms with Gasteiger partial charge in [0.05, 0.1) is 11.5 Å². The Morgan fingerprint density at radius 1 is 1.26 bits per heavy atom. The van der Waals surface area contributed by atoms with Crippen LogP contribution in [-0.2, 0) is 22.2 Å². The number of carbonyl (C=O) groups excluding carboxylic acids is 2. The zero-order valence-corrected chi connectivity index (χ0v) is 14.4. The molecule has 142 valence electrons. The van der Waals surface area contributed by atoms with Crippen LogP contribution >= 0.6 is 0 Å². The van der Waals surface area contributed by atoms with E-state index in [4.69, 9.17) is 0 Å². The average molecular weight is 377 g/mol. The van der Waals surface area contributed by atoms with Crippen LogP contribution in [0.2, 0.25) is 0 Å². The average Bonchev–Trinajstić information content (AvgIpc) is 3.04. The fraction of sp³-hybridized carbons (Fsp3) is 0.316. The number of anilines is 1. The van der Waals surface area contributed by atoms with Crippen molar-refractivity contribution in [3.8, 4) is 0 Å². The smallest absolute Gasteiger partial charge is 0.355 e. The van der Waals surface area contributed by atoms with Gasteiger partial charge in [0, 0.05) is 37.6 Å². The van der Waals surface area contributed by atoms with Gasteiger partial charge < -0.3 is 10.2 Å². The first-order chi connectivity index (χ1) is 12.8. The molecule has 0 spiro atoms. The number of alkyl halides is 3. The highest BCUT2D eigenvalue weighted by atomic mass is 19.4. The molecule has 1 aromatic heterocycles. The van der Waals surface area contributed by atoms with Gasteiger partial charge in [0.2, 0.25) is 11.8 Å². The summed E-state index contributed by atoms with van der Waals surface area (Å²) in [6.45, 7) is 0.470. The number of benzene rings is 1. The van der Waals surface area contributed by atoms with E-state index < -0.39 is 17.7 Å². The third-order valence-corrected chi connectivity index (χ3v) is 4.42. The highest BCUT2D eigenvalue weighted by Gasteiger charge is 2.36. The molecule has 1 unspecified atom stereocenters. The summed E-state index contributed by atoms with van der Waals surface area (Å²) < 4.78 is 38.6. The Labute approximate surface area is 154 Å². The maximum absolute atomic E-state index is 12.9. The lowest BCUT2D eigenvalue weighted by Gasteiger charge is -2.18. The quantitative estimate of drug-likeness (QED) is 0.872. The van der Waals surface area contributed by atoms with E-state index >= 15 is 0 Å². The van der Waals surface area contributed by atoms with Gasteiger partial charge in [-0.2, -0.15) is 13.2 Å². The fourth-order valence-electron chi connectivity index (χ4n) is 3.00. The van der Waals surface area contributed by atoms with Crippen LogP contribution in [0.15, 0.2) is 48.8 Å². The summed E-state index contributed by atoms with van der Waals surface area (Å²) in [6, 6.07) is 8.28. The summed E-state index contributed by atoms with van der Waals surface area (Å²) in [4.78, 5) is 29.7. The summed E-state index contributed by atoms with van der Waals surface area (Å²) >= 11 is 0. The molecule has 1 saturated heterocycles. The largest absolute Gasteiger partial charge is 0.416 e. The van der Waals surface area contributed by atoms with E-state index in [2.05, 4.69) is 10.3 Å². The number of hydrogen-bond acceptors (Lipinski definition) is 3. The van der Waals surface area contributed by atoms with Gasteiger partial charge in [-0.1, -0.05) is 12.1 Å². The van der Waals surface area contributed by atoms with Crippen LogP contribution in [0.25, 0.3) is 0 Å². The molecular weight excluding hydrogens is 359 g/mol. The molecule has 1 aliphatic heterocycles. The molecule has 1 fully saturated rings. The molecular formula is C19H18F3N3O2. The number of pyridine rings is 1. The monoisotopic (exact) mass is 377 g/mol. The molecule has 1 atom stereocenters. The molecule has 8 heteroatoms. The van der Waals surface area contributed by atoms with Gasteiger partial charge in [-0.3, -0.25) is 14.6 Å². The van der Waals surface area contributed by atoms with Gasteiger partial charge in [0.25, 0.3) is 0 Å². The number of nitrogens with one attached hydrogen (secondary N) is 1. The third kappa shape index (κ3) is 4.64. The Balaban J connectivity index is 1.59. The van der Waals surface area contributed by atoms with E-state index in [0.717, 1.165) is 17.7 Å². The molecule has 2 aromatic rings. The number of amides is 2. The standard InChI is InChI=1S/C19H18F3N3O2/c20-19(21,22)15-4-1-5-16(10-15)25-12-14(9-17(25)26)18(27)24-8-6-13-3-2-7-23-11-13/h1-5,7,10-11,14H,6,8-9,12H2,(H,24,27). The number of aromatic nitrogens is 1. The molecule has 2 amide bonds. The predicted molar refractivity (Wildman–Crippen MR) is 92.9 cm³/mol. The highest BCUT2D eigenvalue weighted by Crippen LogP contribution is 2.33. The molecule has 27 heavy (non-hydrogen) atoms. The van der Waals surface area contributed by atoms with Crippen LogP contribution in [0.3, 0.4) is 0 Å². The Bertz CT molecular complexity index is 824. The van der Waals surface area contributed by atoms with Crippen LogP contribution in [-0.4, -0.2) is 29.9 Å². The fourth-order valence-corrected chi connectivity index (χ4v) is 3.00. The Hall–Kier alpha value is -2.90. The summed E-state index contributed by atoms with van der Waals surface area (Å²) in [5.41, 5.74) is 0.309. The molecule has 0 bridgehead atoms. The van der Waals surface area contributed by atoms with E-state index in [-0.39, 0.29) is 30.5 Å². The van der Waals surface area contributed by atoms with Crippen molar-refractivity contribution in [2.45, 2.75) is 19.0 Å². The van der Waals surface area contributed by atoms with E-state index in [9.17, 15) is 22.8 Å². The lowest BCUT2D eigenvalue weighted by molar-refractivity contribution is -0.137. The zero-order valence-electron chi connectivity index (χ0n) is 14.4. The summed E-state index contributed by atoms with van der Waals surface area (Å²) in [5.74, 6) is -1.22. The third-order valence-electron chi connectivity index (χ3n) is 4.42. The molecule has 0 radical (unpaired) electrons.